The second kappa shape index (κ2) is 5.34. The number of likely N-dealkylation sites (N-methyl/N-ethyl adjacent to an activating group) is 2. The first kappa shape index (κ1) is 13.0. The second-order valence-corrected chi connectivity index (χ2v) is 4.00. The van der Waals surface area contributed by atoms with Gasteiger partial charge in [-0.3, -0.25) is 9.59 Å². The molecule has 0 aliphatic rings. The predicted octanol–water partition coefficient (Wildman–Crippen LogP) is 0.552. The van der Waals surface area contributed by atoms with E-state index in [0.717, 1.165) is 0 Å². The topological polar surface area (TPSA) is 60.9 Å². The summed E-state index contributed by atoms with van der Waals surface area (Å²) in [4.78, 5) is 26.1. The molecule has 0 radical (unpaired) electrons. The number of aromatic hydroxyl groups is 1. The molecule has 0 fully saturated rings. The Hall–Kier alpha value is -2.04. The molecule has 2 amide bonds. The first-order valence-corrected chi connectivity index (χ1v) is 5.16. The van der Waals surface area contributed by atoms with E-state index in [-0.39, 0.29) is 24.1 Å². The van der Waals surface area contributed by atoms with Crippen molar-refractivity contribution in [3.63, 3.8) is 0 Å². The molecule has 0 aliphatic heterocycles. The molecule has 1 aromatic rings. The van der Waals surface area contributed by atoms with Crippen molar-refractivity contribution >= 4 is 11.8 Å². The van der Waals surface area contributed by atoms with Gasteiger partial charge in [-0.1, -0.05) is 6.07 Å². The summed E-state index contributed by atoms with van der Waals surface area (Å²) in [6, 6.07) is 6.05. The molecule has 92 valence electrons. The van der Waals surface area contributed by atoms with Gasteiger partial charge in [0.05, 0.1) is 6.54 Å². The Morgan fingerprint density at radius 2 is 1.88 bits per heavy atom. The molecule has 0 saturated carbocycles. The number of amides is 2. The molecule has 5 heteroatoms. The Labute approximate surface area is 100 Å². The van der Waals surface area contributed by atoms with E-state index in [1.54, 1.807) is 33.3 Å². The number of phenolic OH excluding ortho intramolecular Hbond substituents is 1. The molecule has 1 aromatic carbocycles. The Morgan fingerprint density at radius 3 is 2.41 bits per heavy atom. The van der Waals surface area contributed by atoms with E-state index in [2.05, 4.69) is 0 Å². The molecule has 1 N–H and O–H groups in total. The SMILES string of the molecule is CN(C)C(=O)CN(C)C(=O)c1cccc(O)c1. The molecule has 5 nitrogen and oxygen atoms in total. The zero-order chi connectivity index (χ0) is 13.0. The summed E-state index contributed by atoms with van der Waals surface area (Å²) in [7, 11) is 4.82. The van der Waals surface area contributed by atoms with Crippen LogP contribution in [0.5, 0.6) is 5.75 Å². The van der Waals surface area contributed by atoms with Gasteiger partial charge in [-0.2, -0.15) is 0 Å². The molecule has 0 atom stereocenters. The third-order valence-electron chi connectivity index (χ3n) is 2.31. The standard InChI is InChI=1S/C12H16N2O3/c1-13(2)11(16)8-14(3)12(17)9-5-4-6-10(15)7-9/h4-7,15H,8H2,1-3H3. The average molecular weight is 236 g/mol. The summed E-state index contributed by atoms with van der Waals surface area (Å²) in [5, 5.41) is 9.27. The van der Waals surface area contributed by atoms with Crippen molar-refractivity contribution < 1.29 is 14.7 Å². The van der Waals surface area contributed by atoms with Crippen molar-refractivity contribution in [3.8, 4) is 5.75 Å². The van der Waals surface area contributed by atoms with Gasteiger partial charge < -0.3 is 14.9 Å². The number of phenols is 1. The minimum Gasteiger partial charge on any atom is -0.508 e. The number of carbonyl (C=O) groups excluding carboxylic acids is 2. The van der Waals surface area contributed by atoms with Crippen LogP contribution in [-0.2, 0) is 4.79 Å². The summed E-state index contributed by atoms with van der Waals surface area (Å²) in [5.41, 5.74) is 0.360. The summed E-state index contributed by atoms with van der Waals surface area (Å²) in [6.07, 6.45) is 0. The highest BCUT2D eigenvalue weighted by Crippen LogP contribution is 2.12. The van der Waals surface area contributed by atoms with Gasteiger partial charge in [0.15, 0.2) is 0 Å². The number of benzene rings is 1. The number of carbonyl (C=O) groups is 2. The minimum absolute atomic E-state index is 0.0154. The Kier molecular flexibility index (Phi) is 4.09. The van der Waals surface area contributed by atoms with E-state index in [9.17, 15) is 14.7 Å². The number of hydrogen-bond acceptors (Lipinski definition) is 3. The number of hydrogen-bond donors (Lipinski definition) is 1. The van der Waals surface area contributed by atoms with Crippen molar-refractivity contribution in [2.45, 2.75) is 0 Å². The quantitative estimate of drug-likeness (QED) is 0.833. The molecule has 0 saturated heterocycles. The van der Waals surface area contributed by atoms with Crippen LogP contribution in [0.3, 0.4) is 0 Å². The van der Waals surface area contributed by atoms with Gasteiger partial charge in [-0.25, -0.2) is 0 Å². The highest BCUT2D eigenvalue weighted by molar-refractivity contribution is 5.96. The lowest BCUT2D eigenvalue weighted by Gasteiger charge is -2.19. The Bertz CT molecular complexity index is 430. The normalized spacial score (nSPS) is 9.82. The van der Waals surface area contributed by atoms with Crippen LogP contribution in [-0.4, -0.2) is 54.4 Å². The predicted molar refractivity (Wildman–Crippen MR) is 63.8 cm³/mol. The molecule has 0 aliphatic carbocycles. The Balaban J connectivity index is 2.73. The molecular formula is C12H16N2O3. The largest absolute Gasteiger partial charge is 0.508 e. The zero-order valence-electron chi connectivity index (χ0n) is 10.2. The van der Waals surface area contributed by atoms with Gasteiger partial charge in [0.1, 0.15) is 5.75 Å². The fourth-order valence-electron chi connectivity index (χ4n) is 1.28. The van der Waals surface area contributed by atoms with E-state index in [4.69, 9.17) is 0 Å². The lowest BCUT2D eigenvalue weighted by atomic mass is 10.2. The summed E-state index contributed by atoms with van der Waals surface area (Å²) >= 11 is 0. The summed E-state index contributed by atoms with van der Waals surface area (Å²) < 4.78 is 0. The molecule has 17 heavy (non-hydrogen) atoms. The number of nitrogens with zero attached hydrogens (tertiary/aromatic N) is 2. The number of rotatable bonds is 3. The van der Waals surface area contributed by atoms with Crippen molar-refractivity contribution in [2.75, 3.05) is 27.7 Å². The molecule has 1 rings (SSSR count). The van der Waals surface area contributed by atoms with E-state index in [1.165, 1.54) is 21.9 Å². The Morgan fingerprint density at radius 1 is 1.24 bits per heavy atom. The lowest BCUT2D eigenvalue weighted by molar-refractivity contribution is -0.129. The van der Waals surface area contributed by atoms with Crippen LogP contribution in [0.25, 0.3) is 0 Å². The first-order valence-electron chi connectivity index (χ1n) is 5.16. The van der Waals surface area contributed by atoms with Crippen LogP contribution in [0.2, 0.25) is 0 Å². The molecule has 0 unspecified atom stereocenters. The van der Waals surface area contributed by atoms with Crippen LogP contribution in [0.1, 0.15) is 10.4 Å². The van der Waals surface area contributed by atoms with E-state index < -0.39 is 0 Å². The van der Waals surface area contributed by atoms with Crippen LogP contribution in [0, 0.1) is 0 Å². The van der Waals surface area contributed by atoms with Crippen LogP contribution in [0.15, 0.2) is 24.3 Å². The smallest absolute Gasteiger partial charge is 0.254 e. The highest BCUT2D eigenvalue weighted by Gasteiger charge is 2.15. The molecule has 0 spiro atoms. The van der Waals surface area contributed by atoms with Gasteiger partial charge in [0.2, 0.25) is 5.91 Å². The zero-order valence-corrected chi connectivity index (χ0v) is 10.2. The molecule has 0 aromatic heterocycles. The monoisotopic (exact) mass is 236 g/mol. The maximum Gasteiger partial charge on any atom is 0.254 e. The van der Waals surface area contributed by atoms with E-state index >= 15 is 0 Å². The minimum atomic E-state index is -0.295. The highest BCUT2D eigenvalue weighted by atomic mass is 16.3. The molecular weight excluding hydrogens is 220 g/mol. The fourth-order valence-corrected chi connectivity index (χ4v) is 1.28. The van der Waals surface area contributed by atoms with Gasteiger partial charge in [-0.05, 0) is 18.2 Å². The lowest BCUT2D eigenvalue weighted by Crippen LogP contribution is -2.37. The van der Waals surface area contributed by atoms with Crippen LogP contribution < -0.4 is 0 Å². The van der Waals surface area contributed by atoms with Crippen LogP contribution in [0.4, 0.5) is 0 Å². The molecule has 0 heterocycles. The average Bonchev–Trinajstić information content (AvgIpc) is 2.27. The van der Waals surface area contributed by atoms with Gasteiger partial charge >= 0.3 is 0 Å². The first-order chi connectivity index (χ1) is 7.91. The van der Waals surface area contributed by atoms with Gasteiger partial charge in [-0.15, -0.1) is 0 Å². The third kappa shape index (κ3) is 3.48. The fraction of sp³-hybridized carbons (Fsp3) is 0.333. The third-order valence-corrected chi connectivity index (χ3v) is 2.31. The van der Waals surface area contributed by atoms with Gasteiger partial charge in [0, 0.05) is 26.7 Å². The van der Waals surface area contributed by atoms with Crippen molar-refractivity contribution in [2.24, 2.45) is 0 Å². The van der Waals surface area contributed by atoms with Crippen molar-refractivity contribution in [1.82, 2.24) is 9.80 Å². The second-order valence-electron chi connectivity index (χ2n) is 4.00. The van der Waals surface area contributed by atoms with Crippen LogP contribution >= 0.6 is 0 Å². The maximum absolute atomic E-state index is 11.9. The molecule has 0 bridgehead atoms. The van der Waals surface area contributed by atoms with Gasteiger partial charge in [0.25, 0.3) is 5.91 Å². The summed E-state index contributed by atoms with van der Waals surface area (Å²) in [5.74, 6) is -0.416. The van der Waals surface area contributed by atoms with Crippen molar-refractivity contribution in [3.05, 3.63) is 29.8 Å². The maximum atomic E-state index is 11.9. The van der Waals surface area contributed by atoms with E-state index in [1.807, 2.05) is 0 Å². The van der Waals surface area contributed by atoms with Crippen molar-refractivity contribution in [1.29, 1.82) is 0 Å². The summed E-state index contributed by atoms with van der Waals surface area (Å²) in [6.45, 7) is 0.0154. The van der Waals surface area contributed by atoms with E-state index in [0.29, 0.717) is 5.56 Å².